The fraction of sp³-hybridized carbons (Fsp3) is 0.667. The Labute approximate surface area is 67.1 Å². The van der Waals surface area contributed by atoms with E-state index in [0.717, 1.165) is 6.32 Å². The summed E-state index contributed by atoms with van der Waals surface area (Å²) < 4.78 is 9.93. The molecule has 0 saturated heterocycles. The Bertz CT molecular complexity index is 93.7. The van der Waals surface area contributed by atoms with Gasteiger partial charge < -0.3 is 9.31 Å². The van der Waals surface area contributed by atoms with Gasteiger partial charge >= 0.3 is 7.12 Å². The summed E-state index contributed by atoms with van der Waals surface area (Å²) in [5, 5.41) is 2.02. The van der Waals surface area contributed by atoms with Gasteiger partial charge in [0, 0.05) is 20.5 Å². The Balaban J connectivity index is 3.34. The summed E-state index contributed by atoms with van der Waals surface area (Å²) in [6.45, 7) is 0. The lowest BCUT2D eigenvalue weighted by Gasteiger charge is -2.03. The molecule has 2 nitrogen and oxygen atoms in total. The molecule has 0 aliphatic heterocycles. The Kier molecular flexibility index (Phi) is 7.24. The van der Waals surface area contributed by atoms with Crippen molar-refractivity contribution in [1.82, 2.24) is 0 Å². The van der Waals surface area contributed by atoms with Crippen LogP contribution < -0.4 is 0 Å². The Hall–Kier alpha value is 0.0749. The minimum absolute atomic E-state index is 0.0941. The van der Waals surface area contributed by atoms with Crippen LogP contribution in [0.3, 0.4) is 0 Å². The highest BCUT2D eigenvalue weighted by Crippen LogP contribution is 2.00. The van der Waals surface area contributed by atoms with Crippen molar-refractivity contribution in [2.75, 3.05) is 20.5 Å². The number of allylic oxidation sites excluding steroid dienone is 1. The summed E-state index contributed by atoms with van der Waals surface area (Å²) >= 11 is 1.67. The first-order valence-electron chi connectivity index (χ1n) is 3.08. The van der Waals surface area contributed by atoms with E-state index in [9.17, 15) is 0 Å². The fourth-order valence-electron chi connectivity index (χ4n) is 0.552. The molecular weight excluding hydrogens is 147 g/mol. The molecule has 0 aromatic rings. The van der Waals surface area contributed by atoms with E-state index in [1.165, 1.54) is 0 Å². The number of hydrogen-bond acceptors (Lipinski definition) is 3. The summed E-state index contributed by atoms with van der Waals surface area (Å²) in [5.74, 6) is 0. The lowest BCUT2D eigenvalue weighted by molar-refractivity contribution is 0.281. The second-order valence-electron chi connectivity index (χ2n) is 1.74. The molecule has 0 fully saturated rings. The molecule has 10 heavy (non-hydrogen) atoms. The predicted molar refractivity (Wildman–Crippen MR) is 47.2 cm³/mol. The molecule has 0 spiro atoms. The van der Waals surface area contributed by atoms with Gasteiger partial charge in [0.2, 0.25) is 0 Å². The van der Waals surface area contributed by atoms with Gasteiger partial charge in [-0.1, -0.05) is 6.08 Å². The summed E-state index contributed by atoms with van der Waals surface area (Å²) in [6, 6.07) is 0. The van der Waals surface area contributed by atoms with Crippen LogP contribution in [0.1, 0.15) is 0 Å². The van der Waals surface area contributed by atoms with Crippen molar-refractivity contribution in [3.8, 4) is 0 Å². The number of hydrogen-bond donors (Lipinski definition) is 0. The van der Waals surface area contributed by atoms with Crippen molar-refractivity contribution in [1.29, 1.82) is 0 Å². The molecule has 0 aromatic carbocycles. The molecule has 0 rings (SSSR count). The van der Waals surface area contributed by atoms with Crippen LogP contribution in [0.15, 0.2) is 11.5 Å². The standard InChI is InChI=1S/C6H13BO2S/c1-8-7(9-2)5-4-6-10-3/h4,6H,5H2,1-3H3. The summed E-state index contributed by atoms with van der Waals surface area (Å²) in [4.78, 5) is 0. The summed E-state index contributed by atoms with van der Waals surface area (Å²) in [6.07, 6.45) is 4.86. The van der Waals surface area contributed by atoms with Gasteiger partial charge in [-0.15, -0.1) is 11.8 Å². The minimum Gasteiger partial charge on any atom is -0.414 e. The van der Waals surface area contributed by atoms with Gasteiger partial charge in [-0.3, -0.25) is 0 Å². The molecule has 0 N–H and O–H groups in total. The maximum atomic E-state index is 4.96. The largest absolute Gasteiger partial charge is 0.460 e. The van der Waals surface area contributed by atoms with Crippen LogP contribution in [0, 0.1) is 0 Å². The third-order valence-electron chi connectivity index (χ3n) is 1.09. The van der Waals surface area contributed by atoms with Gasteiger partial charge in [-0.25, -0.2) is 0 Å². The van der Waals surface area contributed by atoms with Crippen molar-refractivity contribution >= 4 is 18.9 Å². The van der Waals surface area contributed by atoms with E-state index in [1.54, 1.807) is 26.0 Å². The van der Waals surface area contributed by atoms with Gasteiger partial charge in [0.25, 0.3) is 0 Å². The quantitative estimate of drug-likeness (QED) is 0.569. The smallest absolute Gasteiger partial charge is 0.414 e. The Morgan fingerprint density at radius 2 is 2.00 bits per heavy atom. The van der Waals surface area contributed by atoms with Crippen molar-refractivity contribution in [3.05, 3.63) is 11.5 Å². The Morgan fingerprint density at radius 3 is 2.40 bits per heavy atom. The van der Waals surface area contributed by atoms with E-state index in [1.807, 2.05) is 17.7 Å². The predicted octanol–water partition coefficient (Wildman–Crippen LogP) is 1.64. The van der Waals surface area contributed by atoms with Crippen LogP contribution in [0.4, 0.5) is 0 Å². The van der Waals surface area contributed by atoms with Gasteiger partial charge in [0.15, 0.2) is 0 Å². The SMILES string of the molecule is COB(CC=CSC)OC. The van der Waals surface area contributed by atoms with Crippen LogP contribution in [0.25, 0.3) is 0 Å². The van der Waals surface area contributed by atoms with Gasteiger partial charge in [0.1, 0.15) is 0 Å². The molecule has 0 bridgehead atoms. The molecule has 58 valence electrons. The molecule has 0 saturated carbocycles. The summed E-state index contributed by atoms with van der Waals surface area (Å²) in [7, 11) is 3.19. The molecule has 0 aromatic heterocycles. The second kappa shape index (κ2) is 7.19. The normalized spacial score (nSPS) is 10.7. The zero-order valence-electron chi connectivity index (χ0n) is 6.66. The van der Waals surface area contributed by atoms with Crippen molar-refractivity contribution in [2.45, 2.75) is 6.32 Å². The van der Waals surface area contributed by atoms with Crippen molar-refractivity contribution in [2.24, 2.45) is 0 Å². The van der Waals surface area contributed by atoms with E-state index in [-0.39, 0.29) is 7.12 Å². The molecular formula is C6H13BO2S. The zero-order chi connectivity index (χ0) is 7.82. The second-order valence-corrected chi connectivity index (χ2v) is 2.49. The number of thioether (sulfide) groups is 1. The average molecular weight is 160 g/mol. The van der Waals surface area contributed by atoms with E-state index in [0.29, 0.717) is 0 Å². The first kappa shape index (κ1) is 10.1. The van der Waals surface area contributed by atoms with Crippen molar-refractivity contribution < 1.29 is 9.31 Å². The number of rotatable bonds is 5. The van der Waals surface area contributed by atoms with Crippen LogP contribution in [0.5, 0.6) is 0 Å². The van der Waals surface area contributed by atoms with Gasteiger partial charge in [-0.2, -0.15) is 0 Å². The summed E-state index contributed by atoms with van der Waals surface area (Å²) in [5.41, 5.74) is 0. The third-order valence-corrected chi connectivity index (χ3v) is 1.55. The first-order valence-corrected chi connectivity index (χ1v) is 4.37. The maximum absolute atomic E-state index is 4.96. The zero-order valence-corrected chi connectivity index (χ0v) is 7.48. The minimum atomic E-state index is -0.0941. The molecule has 0 amide bonds. The molecule has 0 heterocycles. The van der Waals surface area contributed by atoms with Gasteiger partial charge in [-0.05, 0) is 11.7 Å². The van der Waals surface area contributed by atoms with Crippen LogP contribution in [-0.2, 0) is 9.31 Å². The van der Waals surface area contributed by atoms with Crippen molar-refractivity contribution in [3.63, 3.8) is 0 Å². The first-order chi connectivity index (χ1) is 4.85. The highest BCUT2D eigenvalue weighted by atomic mass is 32.2. The van der Waals surface area contributed by atoms with Crippen LogP contribution in [-0.4, -0.2) is 27.6 Å². The monoisotopic (exact) mass is 160 g/mol. The van der Waals surface area contributed by atoms with E-state index in [2.05, 4.69) is 0 Å². The molecule has 0 atom stereocenters. The highest BCUT2D eigenvalue weighted by Gasteiger charge is 2.10. The Morgan fingerprint density at radius 1 is 1.40 bits per heavy atom. The lowest BCUT2D eigenvalue weighted by atomic mass is 9.85. The van der Waals surface area contributed by atoms with E-state index in [4.69, 9.17) is 9.31 Å². The lowest BCUT2D eigenvalue weighted by Crippen LogP contribution is -2.17. The van der Waals surface area contributed by atoms with E-state index < -0.39 is 0 Å². The molecule has 0 radical (unpaired) electrons. The topological polar surface area (TPSA) is 18.5 Å². The maximum Gasteiger partial charge on any atom is 0.460 e. The molecule has 4 heteroatoms. The fourth-order valence-corrected chi connectivity index (χ4v) is 0.855. The molecule has 0 unspecified atom stereocenters. The van der Waals surface area contributed by atoms with Crippen LogP contribution in [0.2, 0.25) is 6.32 Å². The highest BCUT2D eigenvalue weighted by molar-refractivity contribution is 8.01. The van der Waals surface area contributed by atoms with Crippen LogP contribution >= 0.6 is 11.8 Å². The molecule has 0 aliphatic carbocycles. The van der Waals surface area contributed by atoms with E-state index >= 15 is 0 Å². The molecule has 0 aliphatic rings. The average Bonchev–Trinajstić information content (AvgIpc) is 1.99. The van der Waals surface area contributed by atoms with Gasteiger partial charge in [0.05, 0.1) is 0 Å². The third kappa shape index (κ3) is 4.91.